The zero-order valence-corrected chi connectivity index (χ0v) is 14.6. The Balaban J connectivity index is 1.57. The number of fused-ring (bicyclic) bond motifs is 4. The van der Waals surface area contributed by atoms with Gasteiger partial charge in [-0.25, -0.2) is 0 Å². The number of hydrogen-bond donors (Lipinski definition) is 1. The van der Waals surface area contributed by atoms with Gasteiger partial charge in [0.05, 0.1) is 0 Å². The Morgan fingerprint density at radius 3 is 2.73 bits per heavy atom. The number of amides is 1. The number of carbonyl (C=O) groups is 1. The van der Waals surface area contributed by atoms with Gasteiger partial charge in [0.2, 0.25) is 5.91 Å². The molecule has 1 amide bonds. The molecule has 0 unspecified atom stereocenters. The molecule has 0 aliphatic carbocycles. The van der Waals surface area contributed by atoms with Crippen molar-refractivity contribution in [2.24, 2.45) is 5.92 Å². The van der Waals surface area contributed by atoms with E-state index in [2.05, 4.69) is 0 Å². The van der Waals surface area contributed by atoms with E-state index < -0.39 is 0 Å². The summed E-state index contributed by atoms with van der Waals surface area (Å²) in [6.45, 7) is 3.45. The Bertz CT molecular complexity index is 991. The molecule has 4 heterocycles. The van der Waals surface area contributed by atoms with Crippen LogP contribution >= 0.6 is 0 Å². The number of carbonyl (C=O) groups excluding carboxylic acids is 1. The van der Waals surface area contributed by atoms with Crippen LogP contribution in [0.2, 0.25) is 0 Å². The Kier molecular flexibility index (Phi) is 3.94. The van der Waals surface area contributed by atoms with Crippen LogP contribution in [-0.4, -0.2) is 38.1 Å². The van der Waals surface area contributed by atoms with Crippen molar-refractivity contribution in [3.63, 3.8) is 0 Å². The Hall–Kier alpha value is -2.83. The maximum Gasteiger partial charge on any atom is 0.254 e. The monoisotopic (exact) mass is 355 g/mol. The highest BCUT2D eigenvalue weighted by Crippen LogP contribution is 2.34. The van der Waals surface area contributed by atoms with Gasteiger partial charge in [0.25, 0.3) is 11.1 Å². The number of nitrogens with zero attached hydrogens (tertiary/aromatic N) is 3. The Labute approximate surface area is 150 Å². The van der Waals surface area contributed by atoms with Crippen LogP contribution in [0, 0.1) is 12.8 Å². The van der Waals surface area contributed by atoms with Crippen LogP contribution in [0.5, 0.6) is 5.75 Å². The summed E-state index contributed by atoms with van der Waals surface area (Å²) < 4.78 is 3.21. The first-order valence-electron chi connectivity index (χ1n) is 8.80. The summed E-state index contributed by atoms with van der Waals surface area (Å²) in [5, 5.41) is 9.49. The predicted molar refractivity (Wildman–Crippen MR) is 95.2 cm³/mol. The minimum absolute atomic E-state index is 0.0169. The molecule has 7 nitrogen and oxygen atoms in total. The number of aryl methyl sites for hydroxylation is 1. The summed E-state index contributed by atoms with van der Waals surface area (Å²) in [5.74, 6) is 0.203. The van der Waals surface area contributed by atoms with Crippen LogP contribution in [0.1, 0.15) is 23.7 Å². The third kappa shape index (κ3) is 2.83. The minimum atomic E-state index is -0.384. The fourth-order valence-electron chi connectivity index (χ4n) is 4.25. The third-order valence-corrected chi connectivity index (χ3v) is 5.45. The van der Waals surface area contributed by atoms with E-state index >= 15 is 0 Å². The molecular weight excluding hydrogens is 334 g/mol. The lowest BCUT2D eigenvalue weighted by molar-refractivity contribution is -0.134. The van der Waals surface area contributed by atoms with Crippen LogP contribution in [0.25, 0.3) is 0 Å². The van der Waals surface area contributed by atoms with Gasteiger partial charge >= 0.3 is 0 Å². The quantitative estimate of drug-likeness (QED) is 0.858. The van der Waals surface area contributed by atoms with Crippen molar-refractivity contribution in [3.8, 4) is 5.75 Å². The first-order valence-corrected chi connectivity index (χ1v) is 8.80. The van der Waals surface area contributed by atoms with E-state index in [0.29, 0.717) is 25.3 Å². The first-order chi connectivity index (χ1) is 12.4. The summed E-state index contributed by atoms with van der Waals surface area (Å²) in [7, 11) is 0. The third-order valence-electron chi connectivity index (χ3n) is 5.45. The van der Waals surface area contributed by atoms with Gasteiger partial charge in [0.1, 0.15) is 12.3 Å². The molecule has 2 aromatic heterocycles. The minimum Gasteiger partial charge on any atom is -0.508 e. The van der Waals surface area contributed by atoms with Crippen molar-refractivity contribution >= 4 is 5.91 Å². The average Bonchev–Trinajstić information content (AvgIpc) is 2.58. The molecule has 2 bridgehead atoms. The van der Waals surface area contributed by atoms with E-state index in [1.54, 1.807) is 24.0 Å². The highest BCUT2D eigenvalue weighted by Gasteiger charge is 2.36. The number of rotatable bonds is 2. The predicted octanol–water partition coefficient (Wildman–Crippen LogP) is 0.670. The SMILES string of the molecule is Cc1cc(O)cc(=O)n1CC(=O)N1C[C@H]2C[C@@H](C1)c1cccc(=O)n1C2. The van der Waals surface area contributed by atoms with E-state index in [1.807, 2.05) is 10.6 Å². The van der Waals surface area contributed by atoms with Crippen molar-refractivity contribution in [1.29, 1.82) is 0 Å². The number of likely N-dealkylation sites (tertiary alicyclic amines) is 1. The summed E-state index contributed by atoms with van der Waals surface area (Å²) in [6, 6.07) is 7.91. The summed E-state index contributed by atoms with van der Waals surface area (Å²) in [5.41, 5.74) is 1.18. The standard InChI is InChI=1S/C19H21N3O4/c1-12-5-15(23)7-18(25)21(12)11-19(26)20-8-13-6-14(10-20)16-3-2-4-17(24)22(16)9-13/h2-5,7,13-14,23H,6,8-11H2,1H3/t13-,14+/m1/s1. The van der Waals surface area contributed by atoms with Crippen molar-refractivity contribution in [1.82, 2.24) is 14.0 Å². The molecular formula is C19H21N3O4. The first kappa shape index (κ1) is 16.6. The molecule has 26 heavy (non-hydrogen) atoms. The summed E-state index contributed by atoms with van der Waals surface area (Å²) in [6.07, 6.45) is 0.978. The maximum absolute atomic E-state index is 12.8. The zero-order chi connectivity index (χ0) is 18.4. The van der Waals surface area contributed by atoms with Gasteiger partial charge in [-0.3, -0.25) is 14.4 Å². The van der Waals surface area contributed by atoms with Crippen LogP contribution < -0.4 is 11.1 Å². The highest BCUT2D eigenvalue weighted by atomic mass is 16.3. The Morgan fingerprint density at radius 1 is 1.15 bits per heavy atom. The molecule has 0 saturated carbocycles. The fourth-order valence-corrected chi connectivity index (χ4v) is 4.25. The van der Waals surface area contributed by atoms with E-state index in [-0.39, 0.29) is 41.2 Å². The van der Waals surface area contributed by atoms with Gasteiger partial charge in [-0.1, -0.05) is 6.07 Å². The lowest BCUT2D eigenvalue weighted by Crippen LogP contribution is -2.50. The van der Waals surface area contributed by atoms with Crippen LogP contribution in [0.4, 0.5) is 0 Å². The molecule has 2 aliphatic heterocycles. The van der Waals surface area contributed by atoms with E-state index in [9.17, 15) is 19.5 Å². The number of hydrogen-bond acceptors (Lipinski definition) is 4. The fraction of sp³-hybridized carbons (Fsp3) is 0.421. The highest BCUT2D eigenvalue weighted by molar-refractivity contribution is 5.76. The van der Waals surface area contributed by atoms with Crippen molar-refractivity contribution < 1.29 is 9.90 Å². The second-order valence-corrected chi connectivity index (χ2v) is 7.28. The largest absolute Gasteiger partial charge is 0.508 e. The zero-order valence-electron chi connectivity index (χ0n) is 14.6. The van der Waals surface area contributed by atoms with Crippen LogP contribution in [0.3, 0.4) is 0 Å². The second-order valence-electron chi connectivity index (χ2n) is 7.28. The molecule has 2 aromatic rings. The van der Waals surface area contributed by atoms with Gasteiger partial charge in [-0.2, -0.15) is 0 Å². The molecule has 1 saturated heterocycles. The summed E-state index contributed by atoms with van der Waals surface area (Å²) in [4.78, 5) is 38.8. The smallest absolute Gasteiger partial charge is 0.254 e. The topological polar surface area (TPSA) is 84.5 Å². The lowest BCUT2D eigenvalue weighted by Gasteiger charge is -2.42. The molecule has 136 valence electrons. The second kappa shape index (κ2) is 6.16. The number of pyridine rings is 2. The average molecular weight is 355 g/mol. The number of piperidine rings is 1. The molecule has 1 fully saturated rings. The normalized spacial score (nSPS) is 21.3. The van der Waals surface area contributed by atoms with Crippen molar-refractivity contribution in [3.05, 3.63) is 62.4 Å². The van der Waals surface area contributed by atoms with Gasteiger partial charge < -0.3 is 19.1 Å². The van der Waals surface area contributed by atoms with Gasteiger partial charge in [-0.05, 0) is 31.4 Å². The van der Waals surface area contributed by atoms with Crippen molar-refractivity contribution in [2.45, 2.75) is 32.4 Å². The van der Waals surface area contributed by atoms with Gasteiger partial charge in [0, 0.05) is 49.1 Å². The molecule has 0 radical (unpaired) electrons. The molecule has 0 spiro atoms. The lowest BCUT2D eigenvalue weighted by atomic mass is 9.83. The molecule has 4 rings (SSSR count). The number of aromatic hydroxyl groups is 1. The van der Waals surface area contributed by atoms with Crippen LogP contribution in [0.15, 0.2) is 39.9 Å². The van der Waals surface area contributed by atoms with E-state index in [4.69, 9.17) is 0 Å². The maximum atomic E-state index is 12.8. The van der Waals surface area contributed by atoms with Crippen LogP contribution in [-0.2, 0) is 17.9 Å². The van der Waals surface area contributed by atoms with Gasteiger partial charge in [0.15, 0.2) is 0 Å². The molecule has 2 aliphatic rings. The summed E-state index contributed by atoms with van der Waals surface area (Å²) >= 11 is 0. The van der Waals surface area contributed by atoms with E-state index in [1.165, 1.54) is 10.6 Å². The Morgan fingerprint density at radius 2 is 1.96 bits per heavy atom. The van der Waals surface area contributed by atoms with Crippen molar-refractivity contribution in [2.75, 3.05) is 13.1 Å². The molecule has 2 atom stereocenters. The molecule has 0 aromatic carbocycles. The molecule has 7 heteroatoms. The molecule has 1 N–H and O–H groups in total. The van der Waals surface area contributed by atoms with Gasteiger partial charge in [-0.15, -0.1) is 0 Å². The number of aromatic nitrogens is 2. The van der Waals surface area contributed by atoms with E-state index in [0.717, 1.165) is 18.2 Å².